The first kappa shape index (κ1) is 9.50. The maximum absolute atomic E-state index is 11.2. The van der Waals surface area contributed by atoms with Gasteiger partial charge < -0.3 is 0 Å². The highest BCUT2D eigenvalue weighted by molar-refractivity contribution is 5.82. The number of rotatable bonds is 4. The Morgan fingerprint density at radius 2 is 2.33 bits per heavy atom. The van der Waals surface area contributed by atoms with Crippen molar-refractivity contribution in [2.45, 2.75) is 45.4 Å². The van der Waals surface area contributed by atoms with Gasteiger partial charge in [0, 0.05) is 12.3 Å². The highest BCUT2D eigenvalue weighted by atomic mass is 16.1. The largest absolute Gasteiger partial charge is 0.299 e. The monoisotopic (exact) mass is 166 g/mol. The van der Waals surface area contributed by atoms with E-state index >= 15 is 0 Å². The number of hydrogen-bond donors (Lipinski definition) is 0. The maximum Gasteiger partial charge on any atom is 0.135 e. The average molecular weight is 166 g/mol. The SMILES string of the molecule is CC/C=C\CC[C@H]1CCCC1=O. The van der Waals surface area contributed by atoms with Crippen LogP contribution in [0, 0.1) is 5.92 Å². The molecule has 1 rings (SSSR count). The lowest BCUT2D eigenvalue weighted by Gasteiger charge is -2.03. The second-order valence-electron chi connectivity index (χ2n) is 3.51. The van der Waals surface area contributed by atoms with Crippen LogP contribution in [0.25, 0.3) is 0 Å². The standard InChI is InChI=1S/C11H18O/c1-2-3-4-5-7-10-8-6-9-11(10)12/h3-4,10H,2,5-9H2,1H3/b4-3-/t10-/m0/s1. The summed E-state index contributed by atoms with van der Waals surface area (Å²) in [6.07, 6.45) is 10.8. The van der Waals surface area contributed by atoms with Crippen LogP contribution in [-0.2, 0) is 4.79 Å². The molecule has 0 heterocycles. The first-order chi connectivity index (χ1) is 5.84. The molecule has 0 aromatic carbocycles. The third kappa shape index (κ3) is 2.80. The minimum atomic E-state index is 0.395. The van der Waals surface area contributed by atoms with Crippen LogP contribution in [0.1, 0.15) is 45.4 Å². The molecule has 0 aromatic heterocycles. The minimum absolute atomic E-state index is 0.395. The second kappa shape index (κ2) is 5.13. The molecule has 0 unspecified atom stereocenters. The van der Waals surface area contributed by atoms with Crippen LogP contribution in [-0.4, -0.2) is 5.78 Å². The van der Waals surface area contributed by atoms with Crippen molar-refractivity contribution >= 4 is 5.78 Å². The molecule has 0 N–H and O–H groups in total. The summed E-state index contributed by atoms with van der Waals surface area (Å²) in [5, 5.41) is 0. The molecule has 0 aliphatic heterocycles. The predicted octanol–water partition coefficient (Wildman–Crippen LogP) is 3.10. The van der Waals surface area contributed by atoms with Crippen molar-refractivity contribution in [3.63, 3.8) is 0 Å². The molecule has 1 heteroatoms. The molecule has 1 saturated carbocycles. The van der Waals surface area contributed by atoms with E-state index in [4.69, 9.17) is 0 Å². The summed E-state index contributed by atoms with van der Waals surface area (Å²) in [6.45, 7) is 2.14. The Bertz CT molecular complexity index is 170. The molecule has 0 bridgehead atoms. The Labute approximate surface area is 74.9 Å². The Morgan fingerprint density at radius 3 is 2.92 bits per heavy atom. The lowest BCUT2D eigenvalue weighted by Crippen LogP contribution is -2.04. The molecular weight excluding hydrogens is 148 g/mol. The van der Waals surface area contributed by atoms with Crippen LogP contribution >= 0.6 is 0 Å². The molecule has 0 amide bonds. The molecule has 0 radical (unpaired) electrons. The molecular formula is C11H18O. The van der Waals surface area contributed by atoms with Gasteiger partial charge in [0.25, 0.3) is 0 Å². The molecule has 68 valence electrons. The predicted molar refractivity (Wildman–Crippen MR) is 51.0 cm³/mol. The molecule has 1 aliphatic carbocycles. The molecule has 1 nitrogen and oxygen atoms in total. The summed E-state index contributed by atoms with van der Waals surface area (Å²) in [5.41, 5.74) is 0. The normalized spacial score (nSPS) is 24.1. The summed E-state index contributed by atoms with van der Waals surface area (Å²) in [7, 11) is 0. The molecule has 1 fully saturated rings. The Hall–Kier alpha value is -0.590. The van der Waals surface area contributed by atoms with Crippen molar-refractivity contribution in [1.82, 2.24) is 0 Å². The first-order valence-corrected chi connectivity index (χ1v) is 5.02. The molecule has 1 aliphatic rings. The van der Waals surface area contributed by atoms with Gasteiger partial charge >= 0.3 is 0 Å². The van der Waals surface area contributed by atoms with Gasteiger partial charge in [0.2, 0.25) is 0 Å². The zero-order chi connectivity index (χ0) is 8.81. The van der Waals surface area contributed by atoms with Crippen molar-refractivity contribution in [2.24, 2.45) is 5.92 Å². The van der Waals surface area contributed by atoms with Crippen molar-refractivity contribution in [1.29, 1.82) is 0 Å². The maximum atomic E-state index is 11.2. The van der Waals surface area contributed by atoms with E-state index in [-0.39, 0.29) is 0 Å². The van der Waals surface area contributed by atoms with Gasteiger partial charge in [-0.15, -0.1) is 0 Å². The van der Waals surface area contributed by atoms with Crippen molar-refractivity contribution in [2.75, 3.05) is 0 Å². The number of ketones is 1. The Balaban J connectivity index is 2.14. The average Bonchev–Trinajstić information content (AvgIpc) is 2.46. The number of Topliss-reactive ketones (excluding diaryl/α,β-unsaturated/α-hetero) is 1. The molecule has 0 aromatic rings. The van der Waals surface area contributed by atoms with Crippen LogP contribution in [0.3, 0.4) is 0 Å². The van der Waals surface area contributed by atoms with E-state index in [9.17, 15) is 4.79 Å². The first-order valence-electron chi connectivity index (χ1n) is 5.02. The second-order valence-corrected chi connectivity index (χ2v) is 3.51. The van der Waals surface area contributed by atoms with Gasteiger partial charge in [-0.3, -0.25) is 4.79 Å². The zero-order valence-electron chi connectivity index (χ0n) is 7.88. The van der Waals surface area contributed by atoms with Crippen molar-refractivity contribution in [3.8, 4) is 0 Å². The third-order valence-electron chi connectivity index (χ3n) is 2.52. The summed E-state index contributed by atoms with van der Waals surface area (Å²) >= 11 is 0. The Kier molecular flexibility index (Phi) is 4.06. The van der Waals surface area contributed by atoms with Crippen molar-refractivity contribution < 1.29 is 4.79 Å². The fourth-order valence-electron chi connectivity index (χ4n) is 1.78. The van der Waals surface area contributed by atoms with E-state index in [1.165, 1.54) is 0 Å². The van der Waals surface area contributed by atoms with Crippen LogP contribution in [0.4, 0.5) is 0 Å². The summed E-state index contributed by atoms with van der Waals surface area (Å²) in [4.78, 5) is 11.2. The lowest BCUT2D eigenvalue weighted by molar-refractivity contribution is -0.120. The molecule has 12 heavy (non-hydrogen) atoms. The molecule has 1 atom stereocenters. The minimum Gasteiger partial charge on any atom is -0.299 e. The summed E-state index contributed by atoms with van der Waals surface area (Å²) in [6, 6.07) is 0. The van der Waals surface area contributed by atoms with Crippen LogP contribution in [0.15, 0.2) is 12.2 Å². The third-order valence-corrected chi connectivity index (χ3v) is 2.52. The number of carbonyl (C=O) groups excluding carboxylic acids is 1. The van der Waals surface area contributed by atoms with Crippen LogP contribution < -0.4 is 0 Å². The highest BCUT2D eigenvalue weighted by Gasteiger charge is 2.22. The number of allylic oxidation sites excluding steroid dienone is 2. The molecule has 0 saturated heterocycles. The van der Waals surface area contributed by atoms with E-state index in [0.717, 1.165) is 38.5 Å². The quantitative estimate of drug-likeness (QED) is 0.586. The van der Waals surface area contributed by atoms with Crippen molar-refractivity contribution in [3.05, 3.63) is 12.2 Å². The molecule has 0 spiro atoms. The summed E-state index contributed by atoms with van der Waals surface area (Å²) in [5.74, 6) is 0.895. The van der Waals surface area contributed by atoms with E-state index in [1.54, 1.807) is 0 Å². The van der Waals surface area contributed by atoms with E-state index < -0.39 is 0 Å². The summed E-state index contributed by atoms with van der Waals surface area (Å²) < 4.78 is 0. The van der Waals surface area contributed by atoms with E-state index in [0.29, 0.717) is 11.7 Å². The lowest BCUT2D eigenvalue weighted by atomic mass is 10.0. The number of hydrogen-bond acceptors (Lipinski definition) is 1. The van der Waals surface area contributed by atoms with Gasteiger partial charge in [-0.25, -0.2) is 0 Å². The van der Waals surface area contributed by atoms with Gasteiger partial charge in [0.1, 0.15) is 5.78 Å². The fourth-order valence-corrected chi connectivity index (χ4v) is 1.78. The number of carbonyl (C=O) groups is 1. The van der Waals surface area contributed by atoms with Gasteiger partial charge in [0.15, 0.2) is 0 Å². The van der Waals surface area contributed by atoms with E-state index in [2.05, 4.69) is 19.1 Å². The van der Waals surface area contributed by atoms with Gasteiger partial charge in [-0.1, -0.05) is 19.1 Å². The van der Waals surface area contributed by atoms with Crippen LogP contribution in [0.2, 0.25) is 0 Å². The smallest absolute Gasteiger partial charge is 0.135 e. The van der Waals surface area contributed by atoms with Gasteiger partial charge in [-0.2, -0.15) is 0 Å². The van der Waals surface area contributed by atoms with Crippen LogP contribution in [0.5, 0.6) is 0 Å². The van der Waals surface area contributed by atoms with E-state index in [1.807, 2.05) is 0 Å². The van der Waals surface area contributed by atoms with Gasteiger partial charge in [0.05, 0.1) is 0 Å². The zero-order valence-corrected chi connectivity index (χ0v) is 7.88. The fraction of sp³-hybridized carbons (Fsp3) is 0.727. The van der Waals surface area contributed by atoms with Gasteiger partial charge in [-0.05, 0) is 32.1 Å². The Morgan fingerprint density at radius 1 is 1.50 bits per heavy atom. The topological polar surface area (TPSA) is 17.1 Å². The highest BCUT2D eigenvalue weighted by Crippen LogP contribution is 2.25.